The van der Waals surface area contributed by atoms with Crippen molar-refractivity contribution in [3.8, 4) is 0 Å². The number of amides is 1. The molecule has 2 aromatic carbocycles. The molecule has 0 radical (unpaired) electrons. The lowest BCUT2D eigenvalue weighted by Gasteiger charge is -2.07. The van der Waals surface area contributed by atoms with Crippen LogP contribution in [0.2, 0.25) is 0 Å². The number of carbonyl (C=O) groups excluding carboxylic acids is 1. The number of carbonyl (C=O) groups is 1. The first-order valence-corrected chi connectivity index (χ1v) is 8.54. The van der Waals surface area contributed by atoms with Crippen molar-refractivity contribution < 1.29 is 9.18 Å². The molecule has 2 heterocycles. The molecular weight excluding hydrogens is 347 g/mol. The zero-order chi connectivity index (χ0) is 19.0. The highest BCUT2D eigenvalue weighted by molar-refractivity contribution is 6.04. The van der Waals surface area contributed by atoms with Crippen LogP contribution < -0.4 is 10.9 Å². The second kappa shape index (κ2) is 6.68. The number of nitrogens with one attached hydrogen (secondary N) is 2. The number of benzene rings is 2. The summed E-state index contributed by atoms with van der Waals surface area (Å²) in [5, 5.41) is 3.58. The van der Waals surface area contributed by atoms with Crippen LogP contribution in [0.4, 0.5) is 10.1 Å². The van der Waals surface area contributed by atoms with Crippen LogP contribution in [0.3, 0.4) is 0 Å². The van der Waals surface area contributed by atoms with Crippen molar-refractivity contribution in [2.75, 3.05) is 5.32 Å². The summed E-state index contributed by atoms with van der Waals surface area (Å²) < 4.78 is 14.3. The van der Waals surface area contributed by atoms with Gasteiger partial charge in [-0.2, -0.15) is 0 Å². The predicted molar refractivity (Wildman–Crippen MR) is 102 cm³/mol. The van der Waals surface area contributed by atoms with Crippen LogP contribution in [0.5, 0.6) is 0 Å². The third kappa shape index (κ3) is 3.31. The van der Waals surface area contributed by atoms with Crippen LogP contribution in [0, 0.1) is 12.7 Å². The Morgan fingerprint density at radius 1 is 1.22 bits per heavy atom. The molecule has 0 saturated heterocycles. The van der Waals surface area contributed by atoms with Gasteiger partial charge in [-0.15, -0.1) is 0 Å². The number of aryl methyl sites for hydroxylation is 2. The summed E-state index contributed by atoms with van der Waals surface area (Å²) in [5.41, 5.74) is 3.29. The maximum absolute atomic E-state index is 12.9. The van der Waals surface area contributed by atoms with E-state index in [-0.39, 0.29) is 30.2 Å². The van der Waals surface area contributed by atoms with E-state index in [1.165, 1.54) is 35.2 Å². The molecule has 136 valence electrons. The average Bonchev–Trinajstić information content (AvgIpc) is 3.02. The molecule has 0 saturated carbocycles. The minimum atomic E-state index is -0.368. The van der Waals surface area contributed by atoms with Crippen molar-refractivity contribution in [2.45, 2.75) is 19.9 Å². The number of hydrogen-bond acceptors (Lipinski definition) is 3. The van der Waals surface area contributed by atoms with Crippen LogP contribution >= 0.6 is 0 Å². The molecule has 1 amide bonds. The normalized spacial score (nSPS) is 11.2. The SMILES string of the molecule is Cc1ccc2[nH]c3c(=O)n(CCC(=O)Nc4ccc(F)cc4)cnc3c2c1. The molecule has 0 aliphatic rings. The highest BCUT2D eigenvalue weighted by Gasteiger charge is 2.12. The number of fused-ring (bicyclic) bond motifs is 3. The highest BCUT2D eigenvalue weighted by atomic mass is 19.1. The van der Waals surface area contributed by atoms with Crippen LogP contribution in [-0.2, 0) is 11.3 Å². The molecule has 7 heteroatoms. The van der Waals surface area contributed by atoms with Crippen LogP contribution in [0.1, 0.15) is 12.0 Å². The Bertz CT molecular complexity index is 1210. The van der Waals surface area contributed by atoms with Gasteiger partial charge in [-0.05, 0) is 43.3 Å². The largest absolute Gasteiger partial charge is 0.349 e. The number of H-pyrrole nitrogens is 1. The molecule has 27 heavy (non-hydrogen) atoms. The van der Waals surface area contributed by atoms with Gasteiger partial charge >= 0.3 is 0 Å². The molecule has 0 unspecified atom stereocenters. The molecule has 0 atom stereocenters. The Morgan fingerprint density at radius 3 is 2.78 bits per heavy atom. The molecule has 0 fully saturated rings. The molecule has 4 rings (SSSR count). The zero-order valence-corrected chi connectivity index (χ0v) is 14.6. The standard InChI is InChI=1S/C20H17FN4O2/c1-12-2-7-16-15(10-12)18-19(24-16)20(27)25(11-22-18)9-8-17(26)23-14-5-3-13(21)4-6-14/h2-7,10-11,24H,8-9H2,1H3,(H,23,26). The summed E-state index contributed by atoms with van der Waals surface area (Å²) >= 11 is 0. The number of rotatable bonds is 4. The van der Waals surface area contributed by atoms with Crippen molar-refractivity contribution in [1.29, 1.82) is 0 Å². The molecular formula is C20H17FN4O2. The van der Waals surface area contributed by atoms with Crippen molar-refractivity contribution in [1.82, 2.24) is 14.5 Å². The monoisotopic (exact) mass is 364 g/mol. The first-order valence-electron chi connectivity index (χ1n) is 8.54. The minimum absolute atomic E-state index is 0.101. The van der Waals surface area contributed by atoms with Gasteiger partial charge < -0.3 is 10.3 Å². The summed E-state index contributed by atoms with van der Waals surface area (Å²) in [5.74, 6) is -0.631. The molecule has 0 spiro atoms. The van der Waals surface area contributed by atoms with Gasteiger partial charge in [0.2, 0.25) is 5.91 Å². The number of aromatic amines is 1. The highest BCUT2D eigenvalue weighted by Crippen LogP contribution is 2.22. The average molecular weight is 364 g/mol. The molecule has 0 bridgehead atoms. The van der Waals surface area contributed by atoms with Gasteiger partial charge in [0.15, 0.2) is 0 Å². The van der Waals surface area contributed by atoms with Crippen molar-refractivity contribution in [3.63, 3.8) is 0 Å². The van der Waals surface area contributed by atoms with E-state index >= 15 is 0 Å². The topological polar surface area (TPSA) is 79.8 Å². The van der Waals surface area contributed by atoms with E-state index in [4.69, 9.17) is 0 Å². The van der Waals surface area contributed by atoms with Gasteiger partial charge in [-0.3, -0.25) is 14.2 Å². The van der Waals surface area contributed by atoms with Crippen LogP contribution in [0.15, 0.2) is 53.6 Å². The lowest BCUT2D eigenvalue weighted by molar-refractivity contribution is -0.116. The van der Waals surface area contributed by atoms with Crippen molar-refractivity contribution in [2.24, 2.45) is 0 Å². The quantitative estimate of drug-likeness (QED) is 0.583. The molecule has 6 nitrogen and oxygen atoms in total. The third-order valence-corrected chi connectivity index (χ3v) is 4.44. The first kappa shape index (κ1) is 17.0. The number of anilines is 1. The Kier molecular flexibility index (Phi) is 4.19. The number of aromatic nitrogens is 3. The van der Waals surface area contributed by atoms with E-state index in [2.05, 4.69) is 15.3 Å². The van der Waals surface area contributed by atoms with E-state index in [9.17, 15) is 14.0 Å². The smallest absolute Gasteiger partial charge is 0.277 e. The van der Waals surface area contributed by atoms with Gasteiger partial charge in [0.1, 0.15) is 16.9 Å². The number of nitrogens with zero attached hydrogens (tertiary/aromatic N) is 2. The lowest BCUT2D eigenvalue weighted by atomic mass is 10.2. The summed E-state index contributed by atoms with van der Waals surface area (Å²) in [6.45, 7) is 2.18. The Labute approximate surface area is 153 Å². The Hall–Kier alpha value is -3.48. The molecule has 0 aliphatic carbocycles. The first-order chi connectivity index (χ1) is 13.0. The lowest BCUT2D eigenvalue weighted by Crippen LogP contribution is -2.23. The maximum Gasteiger partial charge on any atom is 0.277 e. The summed E-state index contributed by atoms with van der Waals surface area (Å²) in [6, 6.07) is 11.4. The fourth-order valence-electron chi connectivity index (χ4n) is 3.04. The molecule has 0 aliphatic heterocycles. The Morgan fingerprint density at radius 2 is 2.00 bits per heavy atom. The van der Waals surface area contributed by atoms with Crippen molar-refractivity contribution in [3.05, 3.63) is 70.5 Å². The molecule has 4 aromatic rings. The third-order valence-electron chi connectivity index (χ3n) is 4.44. The minimum Gasteiger partial charge on any atom is -0.349 e. The fraction of sp³-hybridized carbons (Fsp3) is 0.150. The van der Waals surface area contributed by atoms with Crippen molar-refractivity contribution >= 4 is 33.5 Å². The van der Waals surface area contributed by atoms with Gasteiger partial charge in [-0.25, -0.2) is 9.37 Å². The van der Waals surface area contributed by atoms with E-state index in [1.807, 2.05) is 25.1 Å². The zero-order valence-electron chi connectivity index (χ0n) is 14.6. The van der Waals surface area contributed by atoms with E-state index in [1.54, 1.807) is 0 Å². The number of hydrogen-bond donors (Lipinski definition) is 2. The molecule has 2 aromatic heterocycles. The van der Waals surface area contributed by atoms with E-state index in [0.29, 0.717) is 16.7 Å². The molecule has 2 N–H and O–H groups in total. The summed E-state index contributed by atoms with van der Waals surface area (Å²) in [7, 11) is 0. The second-order valence-electron chi connectivity index (χ2n) is 6.45. The van der Waals surface area contributed by atoms with Crippen LogP contribution in [-0.4, -0.2) is 20.4 Å². The number of halogens is 1. The van der Waals surface area contributed by atoms with E-state index < -0.39 is 0 Å². The fourth-order valence-corrected chi connectivity index (χ4v) is 3.04. The Balaban J connectivity index is 1.54. The predicted octanol–water partition coefficient (Wildman–Crippen LogP) is 3.35. The maximum atomic E-state index is 12.9. The van der Waals surface area contributed by atoms with Gasteiger partial charge in [0.05, 0.1) is 6.33 Å². The second-order valence-corrected chi connectivity index (χ2v) is 6.45. The summed E-state index contributed by atoms with van der Waals surface area (Å²) in [4.78, 5) is 32.3. The van der Waals surface area contributed by atoms with Crippen LogP contribution in [0.25, 0.3) is 21.9 Å². The van der Waals surface area contributed by atoms with Gasteiger partial charge in [0.25, 0.3) is 5.56 Å². The van der Waals surface area contributed by atoms with E-state index in [0.717, 1.165) is 16.5 Å². The van der Waals surface area contributed by atoms with Gasteiger partial charge in [-0.1, -0.05) is 11.6 Å². The summed E-state index contributed by atoms with van der Waals surface area (Å²) in [6.07, 6.45) is 1.56. The van der Waals surface area contributed by atoms with Gasteiger partial charge in [0, 0.05) is 29.6 Å².